The summed E-state index contributed by atoms with van der Waals surface area (Å²) in [5.41, 5.74) is 8.10. The number of carbonyl (C=O) groups is 1. The lowest BCUT2D eigenvalue weighted by Crippen LogP contribution is -2.36. The third-order valence-electron chi connectivity index (χ3n) is 10.1. The largest absolute Gasteiger partial charge is 0.494 e. The molecule has 8 nitrogen and oxygen atoms in total. The van der Waals surface area contributed by atoms with Gasteiger partial charge in [-0.1, -0.05) is 61.9 Å². The molecule has 0 aliphatic carbocycles. The maximum Gasteiger partial charge on any atom is 0.251 e. The van der Waals surface area contributed by atoms with Gasteiger partial charge in [-0.3, -0.25) is 9.69 Å². The molecule has 280 valence electrons. The van der Waals surface area contributed by atoms with Crippen LogP contribution in [0.25, 0.3) is 17.2 Å². The average Bonchev–Trinajstić information content (AvgIpc) is 3.36. The predicted molar refractivity (Wildman–Crippen MR) is 214 cm³/mol. The molecule has 2 heterocycles. The number of amides is 1. The van der Waals surface area contributed by atoms with Crippen molar-refractivity contribution in [1.82, 2.24) is 4.90 Å². The van der Waals surface area contributed by atoms with E-state index in [1.165, 1.54) is 5.56 Å². The van der Waals surface area contributed by atoms with E-state index in [1.54, 1.807) is 0 Å². The molecule has 1 unspecified atom stereocenters. The van der Waals surface area contributed by atoms with E-state index in [0.717, 1.165) is 96.1 Å². The topological polar surface area (TPSA) is 72.5 Å². The summed E-state index contributed by atoms with van der Waals surface area (Å²) >= 11 is 0. The highest BCUT2D eigenvalue weighted by Crippen LogP contribution is 2.35. The first-order valence-electron chi connectivity index (χ1n) is 19.3. The lowest BCUT2D eigenvalue weighted by Gasteiger charge is -2.31. The average molecular weight is 718 g/mol. The lowest BCUT2D eigenvalue weighted by molar-refractivity contribution is -0.112. The summed E-state index contributed by atoms with van der Waals surface area (Å²) in [4.78, 5) is 18.7. The van der Waals surface area contributed by atoms with Crippen molar-refractivity contribution in [2.24, 2.45) is 0 Å². The number of fused-ring (bicyclic) bond motifs is 1. The van der Waals surface area contributed by atoms with E-state index in [1.807, 2.05) is 50.2 Å². The van der Waals surface area contributed by atoms with Gasteiger partial charge in [-0.25, -0.2) is 0 Å². The summed E-state index contributed by atoms with van der Waals surface area (Å²) in [5.74, 6) is 1.57. The number of benzene rings is 4. The Kier molecular flexibility index (Phi) is 13.6. The molecule has 4 aromatic carbocycles. The smallest absolute Gasteiger partial charge is 0.251 e. The van der Waals surface area contributed by atoms with Gasteiger partial charge >= 0.3 is 0 Å². The molecule has 0 spiro atoms. The molecule has 0 bridgehead atoms. The van der Waals surface area contributed by atoms with Gasteiger partial charge in [0.2, 0.25) is 0 Å². The van der Waals surface area contributed by atoms with Gasteiger partial charge in [0.15, 0.2) is 6.29 Å². The van der Waals surface area contributed by atoms with E-state index in [9.17, 15) is 4.79 Å². The van der Waals surface area contributed by atoms with Gasteiger partial charge in [0.05, 0.1) is 13.2 Å². The molecule has 1 N–H and O–H groups in total. The minimum absolute atomic E-state index is 0.0817. The van der Waals surface area contributed by atoms with Crippen LogP contribution in [0.15, 0.2) is 96.6 Å². The monoisotopic (exact) mass is 717 g/mol. The molecule has 1 amide bonds. The van der Waals surface area contributed by atoms with E-state index in [0.29, 0.717) is 38.8 Å². The molecule has 8 heteroatoms. The van der Waals surface area contributed by atoms with Gasteiger partial charge in [0, 0.05) is 61.4 Å². The van der Waals surface area contributed by atoms with E-state index < -0.39 is 0 Å². The second kappa shape index (κ2) is 18.9. The van der Waals surface area contributed by atoms with Gasteiger partial charge in [-0.2, -0.15) is 0 Å². The van der Waals surface area contributed by atoms with Crippen LogP contribution in [0.2, 0.25) is 0 Å². The summed E-state index contributed by atoms with van der Waals surface area (Å²) in [6.45, 7) is 11.3. The second-order valence-electron chi connectivity index (χ2n) is 14.0. The first-order valence-corrected chi connectivity index (χ1v) is 19.3. The normalized spacial score (nSPS) is 15.3. The van der Waals surface area contributed by atoms with Crippen LogP contribution in [-0.2, 0) is 27.4 Å². The van der Waals surface area contributed by atoms with E-state index in [2.05, 4.69) is 89.8 Å². The van der Waals surface area contributed by atoms with E-state index in [4.69, 9.17) is 18.9 Å². The Hall–Kier alpha value is -4.63. The Bertz CT molecular complexity index is 1800. The van der Waals surface area contributed by atoms with Gasteiger partial charge in [-0.15, -0.1) is 0 Å². The fourth-order valence-corrected chi connectivity index (χ4v) is 7.05. The molecule has 1 saturated heterocycles. The van der Waals surface area contributed by atoms with E-state index >= 15 is 0 Å². The van der Waals surface area contributed by atoms with Crippen LogP contribution in [0, 0.1) is 0 Å². The highest BCUT2D eigenvalue weighted by atomic mass is 16.7. The Labute approximate surface area is 315 Å². The van der Waals surface area contributed by atoms with Crippen LogP contribution < -0.4 is 19.7 Å². The summed E-state index contributed by atoms with van der Waals surface area (Å²) in [7, 11) is 2.18. The molecule has 0 radical (unpaired) electrons. The zero-order chi connectivity index (χ0) is 37.0. The molecule has 1 fully saturated rings. The minimum Gasteiger partial charge on any atom is -0.494 e. The number of hydrogen-bond donors (Lipinski definition) is 1. The Balaban J connectivity index is 1.21. The molecule has 2 aliphatic heterocycles. The molecule has 1 atom stereocenters. The van der Waals surface area contributed by atoms with Crippen LogP contribution in [0.4, 0.5) is 11.4 Å². The predicted octanol–water partition coefficient (Wildman–Crippen LogP) is 9.34. The fourth-order valence-electron chi connectivity index (χ4n) is 7.05. The highest BCUT2D eigenvalue weighted by molar-refractivity contribution is 6.07. The molecule has 2 aliphatic rings. The van der Waals surface area contributed by atoms with Crippen molar-refractivity contribution in [3.05, 3.63) is 113 Å². The molecule has 0 saturated carbocycles. The van der Waals surface area contributed by atoms with E-state index in [-0.39, 0.29) is 12.2 Å². The Morgan fingerprint density at radius 3 is 2.47 bits per heavy atom. The molecular weight excluding hydrogens is 663 g/mol. The van der Waals surface area contributed by atoms with Crippen LogP contribution >= 0.6 is 0 Å². The number of anilines is 2. The van der Waals surface area contributed by atoms with Gasteiger partial charge in [0.25, 0.3) is 5.91 Å². The van der Waals surface area contributed by atoms with Crippen molar-refractivity contribution in [3.63, 3.8) is 0 Å². The molecule has 4 aromatic rings. The number of hydrogen-bond acceptors (Lipinski definition) is 7. The SMILES string of the molecule is CCCCOC(C)Oc1ccc(-c2ccc3c(c2)C=C(C(=O)Nc2ccc(CN(C)C4CCOCC4)cc2)CCN3Cc2ccccc2OCC)cc1. The third-order valence-corrected chi connectivity index (χ3v) is 10.1. The first kappa shape index (κ1) is 38.1. The van der Waals surface area contributed by atoms with Crippen molar-refractivity contribution in [2.45, 2.75) is 78.3 Å². The number of ether oxygens (including phenoxy) is 4. The molecular formula is C45H55N3O5. The van der Waals surface area contributed by atoms with Crippen molar-refractivity contribution in [2.75, 3.05) is 50.2 Å². The highest BCUT2D eigenvalue weighted by Gasteiger charge is 2.22. The quantitative estimate of drug-likeness (QED) is 0.0915. The number of nitrogens with zero attached hydrogens (tertiary/aromatic N) is 2. The zero-order valence-electron chi connectivity index (χ0n) is 31.8. The number of rotatable bonds is 16. The lowest BCUT2D eigenvalue weighted by atomic mass is 10.00. The van der Waals surface area contributed by atoms with Gasteiger partial charge < -0.3 is 29.2 Å². The molecule has 0 aromatic heterocycles. The van der Waals surface area contributed by atoms with Crippen LogP contribution in [-0.4, -0.2) is 63.2 Å². The molecule has 6 rings (SSSR count). The Morgan fingerprint density at radius 2 is 1.72 bits per heavy atom. The minimum atomic E-state index is -0.310. The number of unbranched alkanes of at least 4 members (excludes halogenated alkanes) is 1. The third kappa shape index (κ3) is 10.5. The molecule has 53 heavy (non-hydrogen) atoms. The Morgan fingerprint density at radius 1 is 0.962 bits per heavy atom. The number of nitrogens with one attached hydrogen (secondary N) is 1. The standard InChI is InChI=1S/C45H55N3O5/c1-5-7-26-52-33(3)53-42-19-14-35(15-20-42)36-16-21-43-39(29-36)30-37(22-25-48(43)32-38-10-8-9-11-44(38)51-6-2)45(49)46-40-17-12-34(13-18-40)31-47(4)41-23-27-50-28-24-41/h8-21,29-30,33,41H,5-7,22-28,31-32H2,1-4H3,(H,46,49). The van der Waals surface area contributed by atoms with Crippen molar-refractivity contribution in [3.8, 4) is 22.6 Å². The van der Waals surface area contributed by atoms with Gasteiger partial charge in [-0.05, 0) is 117 Å². The van der Waals surface area contributed by atoms with Crippen LogP contribution in [0.1, 0.15) is 69.6 Å². The maximum atomic E-state index is 13.9. The van der Waals surface area contributed by atoms with Crippen LogP contribution in [0.5, 0.6) is 11.5 Å². The van der Waals surface area contributed by atoms with Crippen LogP contribution in [0.3, 0.4) is 0 Å². The maximum absolute atomic E-state index is 13.9. The summed E-state index contributed by atoms with van der Waals surface area (Å²) in [6.07, 6.45) is 6.59. The fraction of sp³-hybridized carbons (Fsp3) is 0.400. The van der Waals surface area contributed by atoms with Crippen molar-refractivity contribution >= 4 is 23.4 Å². The summed E-state index contributed by atoms with van der Waals surface area (Å²) < 4.78 is 23.3. The summed E-state index contributed by atoms with van der Waals surface area (Å²) in [6, 6.07) is 31.6. The number of carbonyl (C=O) groups excluding carboxylic acids is 1. The second-order valence-corrected chi connectivity index (χ2v) is 14.0. The summed E-state index contributed by atoms with van der Waals surface area (Å²) in [5, 5.41) is 3.19. The van der Waals surface area contributed by atoms with Gasteiger partial charge in [0.1, 0.15) is 11.5 Å². The first-order chi connectivity index (χ1) is 25.9. The van der Waals surface area contributed by atoms with Crippen molar-refractivity contribution in [1.29, 1.82) is 0 Å². The zero-order valence-corrected chi connectivity index (χ0v) is 31.8. The van der Waals surface area contributed by atoms with Crippen molar-refractivity contribution < 1.29 is 23.7 Å². The number of para-hydroxylation sites is 1.